The van der Waals surface area contributed by atoms with E-state index in [1.165, 1.54) is 16.2 Å². The molecule has 0 aromatic carbocycles. The highest BCUT2D eigenvalue weighted by atomic mass is 35.5. The van der Waals surface area contributed by atoms with Gasteiger partial charge in [-0.25, -0.2) is 14.4 Å². The van der Waals surface area contributed by atoms with Crippen LogP contribution in [0, 0.1) is 0 Å². The van der Waals surface area contributed by atoms with E-state index >= 15 is 0 Å². The van der Waals surface area contributed by atoms with Gasteiger partial charge in [0.2, 0.25) is 0 Å². The van der Waals surface area contributed by atoms with Gasteiger partial charge in [-0.15, -0.1) is 0 Å². The first kappa shape index (κ1) is 11.0. The Morgan fingerprint density at radius 2 is 2.29 bits per heavy atom. The number of halogens is 1. The standard InChI is InChI=1S/C10H8ClN3O2S/c1-17-10-13-7(11)2-8-12-6-4-16-3-5(6)9(15)14(8)10/h2H,3-4H2,1H3. The highest BCUT2D eigenvalue weighted by Crippen LogP contribution is 2.20. The third-order valence-electron chi connectivity index (χ3n) is 2.60. The summed E-state index contributed by atoms with van der Waals surface area (Å²) in [5.74, 6) is 0. The normalized spacial score (nSPS) is 14.2. The maximum absolute atomic E-state index is 12.3. The van der Waals surface area contributed by atoms with Crippen LogP contribution in [0.25, 0.3) is 5.65 Å². The van der Waals surface area contributed by atoms with Crippen LogP contribution in [-0.4, -0.2) is 20.6 Å². The Labute approximate surface area is 106 Å². The molecular weight excluding hydrogens is 262 g/mol. The quantitative estimate of drug-likeness (QED) is 0.446. The summed E-state index contributed by atoms with van der Waals surface area (Å²) in [5, 5.41) is 0.875. The average molecular weight is 270 g/mol. The second-order valence-corrected chi connectivity index (χ2v) is 4.75. The minimum Gasteiger partial charge on any atom is -0.370 e. The summed E-state index contributed by atoms with van der Waals surface area (Å²) >= 11 is 7.25. The number of aromatic nitrogens is 3. The zero-order chi connectivity index (χ0) is 12.0. The van der Waals surface area contributed by atoms with Crippen molar-refractivity contribution >= 4 is 29.0 Å². The first-order valence-corrected chi connectivity index (χ1v) is 6.54. The maximum atomic E-state index is 12.3. The van der Waals surface area contributed by atoms with E-state index in [1.54, 1.807) is 6.07 Å². The van der Waals surface area contributed by atoms with E-state index in [9.17, 15) is 4.79 Å². The van der Waals surface area contributed by atoms with Crippen molar-refractivity contribution in [3.8, 4) is 0 Å². The Hall–Kier alpha value is -1.11. The molecule has 0 fully saturated rings. The number of fused-ring (bicyclic) bond motifs is 2. The molecule has 88 valence electrons. The molecule has 0 N–H and O–H groups in total. The fraction of sp³-hybridized carbons (Fsp3) is 0.300. The van der Waals surface area contributed by atoms with Gasteiger partial charge in [0.25, 0.3) is 5.56 Å². The third kappa shape index (κ3) is 1.64. The summed E-state index contributed by atoms with van der Waals surface area (Å²) in [5.41, 5.74) is 1.71. The highest BCUT2D eigenvalue weighted by molar-refractivity contribution is 7.98. The van der Waals surface area contributed by atoms with Crippen molar-refractivity contribution in [1.29, 1.82) is 0 Å². The van der Waals surface area contributed by atoms with E-state index in [4.69, 9.17) is 16.3 Å². The lowest BCUT2D eigenvalue weighted by Crippen LogP contribution is -2.22. The molecule has 3 rings (SSSR count). The fourth-order valence-electron chi connectivity index (χ4n) is 1.83. The monoisotopic (exact) mass is 269 g/mol. The lowest BCUT2D eigenvalue weighted by Gasteiger charge is -2.07. The second kappa shape index (κ2) is 3.97. The van der Waals surface area contributed by atoms with E-state index in [0.717, 1.165) is 0 Å². The number of nitrogens with zero attached hydrogens (tertiary/aromatic N) is 3. The fourth-order valence-corrected chi connectivity index (χ4v) is 2.61. The summed E-state index contributed by atoms with van der Waals surface area (Å²) in [6.07, 6.45) is 1.84. The van der Waals surface area contributed by atoms with Crippen LogP contribution in [0.1, 0.15) is 11.3 Å². The number of hydrogen-bond acceptors (Lipinski definition) is 5. The van der Waals surface area contributed by atoms with Gasteiger partial charge in [0.05, 0.1) is 24.5 Å². The Balaban J connectivity index is 2.47. The molecule has 5 nitrogen and oxygen atoms in total. The Morgan fingerprint density at radius 1 is 1.47 bits per heavy atom. The van der Waals surface area contributed by atoms with Crippen molar-refractivity contribution in [2.75, 3.05) is 6.26 Å². The minimum absolute atomic E-state index is 0.115. The van der Waals surface area contributed by atoms with Gasteiger partial charge in [0, 0.05) is 6.07 Å². The molecule has 0 aliphatic carbocycles. The molecule has 3 heterocycles. The predicted molar refractivity (Wildman–Crippen MR) is 64.5 cm³/mol. The lowest BCUT2D eigenvalue weighted by molar-refractivity contribution is 0.133. The second-order valence-electron chi connectivity index (χ2n) is 3.59. The van der Waals surface area contributed by atoms with Crippen LogP contribution in [0.4, 0.5) is 0 Å². The molecule has 0 saturated heterocycles. The van der Waals surface area contributed by atoms with Gasteiger partial charge >= 0.3 is 0 Å². The minimum atomic E-state index is -0.115. The molecule has 0 spiro atoms. The predicted octanol–water partition coefficient (Wildman–Crippen LogP) is 1.50. The molecule has 7 heteroatoms. The van der Waals surface area contributed by atoms with Gasteiger partial charge in [-0.3, -0.25) is 4.79 Å². The molecule has 0 atom stereocenters. The van der Waals surface area contributed by atoms with Crippen LogP contribution in [0.2, 0.25) is 5.15 Å². The van der Waals surface area contributed by atoms with Crippen LogP contribution >= 0.6 is 23.4 Å². The molecular formula is C10H8ClN3O2S. The first-order chi connectivity index (χ1) is 8.20. The third-order valence-corrected chi connectivity index (χ3v) is 3.43. The smallest absolute Gasteiger partial charge is 0.265 e. The van der Waals surface area contributed by atoms with Gasteiger partial charge in [-0.2, -0.15) is 0 Å². The van der Waals surface area contributed by atoms with Gasteiger partial charge in [-0.1, -0.05) is 23.4 Å². The largest absolute Gasteiger partial charge is 0.370 e. The summed E-state index contributed by atoms with van der Waals surface area (Å²) < 4.78 is 6.71. The van der Waals surface area contributed by atoms with Gasteiger partial charge in [0.1, 0.15) is 10.8 Å². The molecule has 0 unspecified atom stereocenters. The van der Waals surface area contributed by atoms with Crippen LogP contribution in [0.3, 0.4) is 0 Å². The van der Waals surface area contributed by atoms with Crippen molar-refractivity contribution in [3.63, 3.8) is 0 Å². The summed E-state index contributed by atoms with van der Waals surface area (Å²) in [4.78, 5) is 20.8. The van der Waals surface area contributed by atoms with Crippen LogP contribution in [0.15, 0.2) is 16.0 Å². The van der Waals surface area contributed by atoms with Crippen molar-refractivity contribution in [2.24, 2.45) is 0 Å². The Bertz CT molecular complexity index is 671. The van der Waals surface area contributed by atoms with E-state index in [2.05, 4.69) is 9.97 Å². The topological polar surface area (TPSA) is 56.5 Å². The SMILES string of the molecule is CSc1nc(Cl)cc2nc3c(c(=O)n12)COC3. The van der Waals surface area contributed by atoms with Gasteiger partial charge < -0.3 is 4.74 Å². The summed E-state index contributed by atoms with van der Waals surface area (Å²) in [7, 11) is 0. The zero-order valence-electron chi connectivity index (χ0n) is 8.94. The van der Waals surface area contributed by atoms with Gasteiger partial charge in [-0.05, 0) is 6.26 Å². The molecule has 0 amide bonds. The van der Waals surface area contributed by atoms with Crippen molar-refractivity contribution in [2.45, 2.75) is 18.4 Å². The van der Waals surface area contributed by atoms with Crippen molar-refractivity contribution < 1.29 is 4.74 Å². The van der Waals surface area contributed by atoms with Gasteiger partial charge in [0.15, 0.2) is 5.16 Å². The maximum Gasteiger partial charge on any atom is 0.265 e. The number of hydrogen-bond donors (Lipinski definition) is 0. The highest BCUT2D eigenvalue weighted by Gasteiger charge is 2.20. The summed E-state index contributed by atoms with van der Waals surface area (Å²) in [6, 6.07) is 1.58. The van der Waals surface area contributed by atoms with E-state index in [-0.39, 0.29) is 5.56 Å². The molecule has 0 bridgehead atoms. The van der Waals surface area contributed by atoms with E-state index < -0.39 is 0 Å². The molecule has 2 aromatic heterocycles. The van der Waals surface area contributed by atoms with Crippen molar-refractivity contribution in [1.82, 2.24) is 14.4 Å². The van der Waals surface area contributed by atoms with Crippen LogP contribution in [-0.2, 0) is 18.0 Å². The van der Waals surface area contributed by atoms with Crippen molar-refractivity contribution in [3.05, 3.63) is 32.8 Å². The molecule has 0 radical (unpaired) electrons. The zero-order valence-corrected chi connectivity index (χ0v) is 10.5. The Morgan fingerprint density at radius 3 is 3.06 bits per heavy atom. The van der Waals surface area contributed by atoms with Crippen LogP contribution in [0.5, 0.6) is 0 Å². The van der Waals surface area contributed by atoms with E-state index in [0.29, 0.717) is 40.4 Å². The molecule has 17 heavy (non-hydrogen) atoms. The molecule has 2 aromatic rings. The summed E-state index contributed by atoms with van der Waals surface area (Å²) in [6.45, 7) is 0.705. The van der Waals surface area contributed by atoms with Crippen LogP contribution < -0.4 is 5.56 Å². The lowest BCUT2D eigenvalue weighted by atomic mass is 10.3. The number of ether oxygens (including phenoxy) is 1. The Kier molecular flexibility index (Phi) is 2.57. The van der Waals surface area contributed by atoms with E-state index in [1.807, 2.05) is 6.26 Å². The average Bonchev–Trinajstić information content (AvgIpc) is 2.76. The first-order valence-electron chi connectivity index (χ1n) is 4.93. The molecule has 0 saturated carbocycles. The molecule has 1 aliphatic heterocycles. The number of rotatable bonds is 1. The molecule has 1 aliphatic rings. The number of thioether (sulfide) groups is 1.